The first-order chi connectivity index (χ1) is 9.18. The Morgan fingerprint density at radius 3 is 2.70 bits per heavy atom. The van der Waals surface area contributed by atoms with E-state index in [-0.39, 0.29) is 25.4 Å². The van der Waals surface area contributed by atoms with Crippen molar-refractivity contribution in [2.45, 2.75) is 12.5 Å². The number of carbonyl (C=O) groups is 1. The Bertz CT molecular complexity index is 543. The van der Waals surface area contributed by atoms with Crippen molar-refractivity contribution in [1.82, 2.24) is 9.03 Å². The molecule has 1 aliphatic rings. The molecule has 1 unspecified atom stereocenters. The molecule has 1 fully saturated rings. The van der Waals surface area contributed by atoms with Gasteiger partial charge in [0.15, 0.2) is 9.84 Å². The third-order valence-corrected chi connectivity index (χ3v) is 6.15. The fourth-order valence-corrected chi connectivity index (χ4v) is 5.02. The van der Waals surface area contributed by atoms with Crippen LogP contribution < -0.4 is 4.72 Å². The molecule has 0 aliphatic carbocycles. The van der Waals surface area contributed by atoms with Crippen LogP contribution in [0.5, 0.6) is 0 Å². The fourth-order valence-electron chi connectivity index (χ4n) is 1.91. The van der Waals surface area contributed by atoms with Gasteiger partial charge in [-0.15, -0.1) is 0 Å². The van der Waals surface area contributed by atoms with Crippen molar-refractivity contribution in [1.29, 1.82) is 0 Å². The van der Waals surface area contributed by atoms with Gasteiger partial charge in [-0.05, 0) is 0 Å². The van der Waals surface area contributed by atoms with Crippen LogP contribution in [0.1, 0.15) is 6.42 Å². The number of rotatable bonds is 7. The summed E-state index contributed by atoms with van der Waals surface area (Å²) < 4.78 is 55.0. The number of hydrogen-bond donors (Lipinski definition) is 2. The number of nitrogens with zero attached hydrogens (tertiary/aromatic N) is 1. The molecule has 0 saturated carbocycles. The number of carboxylic acids is 1. The second-order valence-corrected chi connectivity index (χ2v) is 8.31. The quantitative estimate of drug-likeness (QED) is 0.518. The zero-order valence-corrected chi connectivity index (χ0v) is 12.6. The third-order valence-electron chi connectivity index (χ3n) is 2.79. The molecule has 0 radical (unpaired) electrons. The van der Waals surface area contributed by atoms with Crippen LogP contribution in [0.15, 0.2) is 0 Å². The highest BCUT2D eigenvalue weighted by Crippen LogP contribution is 2.18. The number of sulfone groups is 1. The fraction of sp³-hybridized carbons (Fsp3) is 0.889. The molecule has 20 heavy (non-hydrogen) atoms. The zero-order valence-electron chi connectivity index (χ0n) is 11.0. The number of nitrogens with one attached hydrogen (secondary N) is 1. The molecule has 1 atom stereocenters. The van der Waals surface area contributed by atoms with Crippen molar-refractivity contribution in [3.05, 3.63) is 0 Å². The summed E-state index contributed by atoms with van der Waals surface area (Å²) in [5.74, 6) is -2.04. The van der Waals surface area contributed by atoms with Crippen molar-refractivity contribution in [3.8, 4) is 0 Å². The molecule has 0 aromatic carbocycles. The third kappa shape index (κ3) is 4.98. The topological polar surface area (TPSA) is 130 Å². The van der Waals surface area contributed by atoms with Crippen molar-refractivity contribution < 1.29 is 31.5 Å². The van der Waals surface area contributed by atoms with Gasteiger partial charge in [0.25, 0.3) is 10.2 Å². The van der Waals surface area contributed by atoms with Crippen LogP contribution in [-0.4, -0.2) is 76.6 Å². The second-order valence-electron chi connectivity index (χ2n) is 4.37. The van der Waals surface area contributed by atoms with Crippen LogP contribution in [0.2, 0.25) is 0 Å². The van der Waals surface area contributed by atoms with Gasteiger partial charge in [0, 0.05) is 20.2 Å². The summed E-state index contributed by atoms with van der Waals surface area (Å²) in [7, 11) is -5.93. The maximum Gasteiger partial charge on any atom is 0.305 e. The number of methoxy groups -OCH3 is 1. The minimum absolute atomic E-state index is 0.0296. The summed E-state index contributed by atoms with van der Waals surface area (Å²) in [5.41, 5.74) is 0. The van der Waals surface area contributed by atoms with E-state index in [9.17, 15) is 21.6 Å². The highest BCUT2D eigenvalue weighted by Gasteiger charge is 2.38. The summed E-state index contributed by atoms with van der Waals surface area (Å²) in [6, 6.07) is -1.09. The van der Waals surface area contributed by atoms with Gasteiger partial charge in [-0.2, -0.15) is 17.4 Å². The Hall–Kier alpha value is -0.750. The number of aliphatic carboxylic acids is 1. The molecule has 2 N–H and O–H groups in total. The van der Waals surface area contributed by atoms with E-state index in [1.807, 2.05) is 0 Å². The summed E-state index contributed by atoms with van der Waals surface area (Å²) in [4.78, 5) is 10.8. The molecule has 0 amide bonds. The molecule has 0 bridgehead atoms. The summed E-state index contributed by atoms with van der Waals surface area (Å²) in [5, 5.41) is 8.78. The van der Waals surface area contributed by atoms with Crippen LogP contribution in [0, 0.1) is 0 Å². The number of hydrogen-bond acceptors (Lipinski definition) is 6. The summed E-state index contributed by atoms with van der Waals surface area (Å²) in [6.45, 7) is -0.0561. The lowest BCUT2D eigenvalue weighted by molar-refractivity contribution is -0.137. The van der Waals surface area contributed by atoms with Gasteiger partial charge in [0.05, 0.1) is 30.6 Å². The smallest absolute Gasteiger partial charge is 0.305 e. The van der Waals surface area contributed by atoms with Gasteiger partial charge in [-0.1, -0.05) is 0 Å². The van der Waals surface area contributed by atoms with Crippen molar-refractivity contribution in [2.75, 3.05) is 38.3 Å². The molecule has 0 aromatic rings. The van der Waals surface area contributed by atoms with Crippen molar-refractivity contribution in [2.24, 2.45) is 0 Å². The minimum Gasteiger partial charge on any atom is -0.481 e. The van der Waals surface area contributed by atoms with E-state index >= 15 is 0 Å². The normalized spacial score (nSPS) is 23.6. The highest BCUT2D eigenvalue weighted by atomic mass is 32.2. The van der Waals surface area contributed by atoms with Crippen molar-refractivity contribution >= 4 is 26.0 Å². The van der Waals surface area contributed by atoms with Crippen LogP contribution in [0.4, 0.5) is 0 Å². The van der Waals surface area contributed by atoms with Gasteiger partial charge < -0.3 is 9.84 Å². The molecule has 0 spiro atoms. The van der Waals surface area contributed by atoms with Gasteiger partial charge in [-0.25, -0.2) is 8.42 Å². The van der Waals surface area contributed by atoms with Crippen LogP contribution in [0.25, 0.3) is 0 Å². The lowest BCUT2D eigenvalue weighted by atomic mass is 10.2. The standard InChI is InChI=1S/C9H18N2O7S2/c1-18-4-2-10-20(16,17)11-3-5-19(14,15)7-8(11)6-9(12)13/h8,10H,2-7H2,1H3,(H,12,13). The lowest BCUT2D eigenvalue weighted by Gasteiger charge is -2.33. The van der Waals surface area contributed by atoms with Crippen LogP contribution in [-0.2, 0) is 29.6 Å². The molecular formula is C9H18N2O7S2. The van der Waals surface area contributed by atoms with E-state index in [1.54, 1.807) is 0 Å². The molecule has 0 aromatic heterocycles. The Balaban J connectivity index is 2.86. The molecular weight excluding hydrogens is 312 g/mol. The molecule has 1 heterocycles. The Kier molecular flexibility index (Phi) is 5.89. The maximum absolute atomic E-state index is 12.0. The first kappa shape index (κ1) is 17.3. The minimum atomic E-state index is -3.92. The maximum atomic E-state index is 12.0. The molecule has 1 rings (SSSR count). The predicted molar refractivity (Wildman–Crippen MR) is 70.2 cm³/mol. The van der Waals surface area contributed by atoms with Crippen LogP contribution in [0.3, 0.4) is 0 Å². The average Bonchev–Trinajstić information content (AvgIpc) is 2.26. The first-order valence-electron chi connectivity index (χ1n) is 5.85. The van der Waals surface area contributed by atoms with E-state index in [0.29, 0.717) is 0 Å². The SMILES string of the molecule is COCCNS(=O)(=O)N1CCS(=O)(=O)CC1CC(=O)O. The monoisotopic (exact) mass is 330 g/mol. The van der Waals surface area contributed by atoms with Crippen LogP contribution >= 0.6 is 0 Å². The van der Waals surface area contributed by atoms with E-state index in [2.05, 4.69) is 4.72 Å². The van der Waals surface area contributed by atoms with E-state index in [0.717, 1.165) is 4.31 Å². The molecule has 1 aliphatic heterocycles. The van der Waals surface area contributed by atoms with E-state index in [1.165, 1.54) is 7.11 Å². The highest BCUT2D eigenvalue weighted by molar-refractivity contribution is 7.92. The predicted octanol–water partition coefficient (Wildman–Crippen LogP) is -1.96. The number of carboxylic acid groups (broad SMARTS) is 1. The molecule has 11 heteroatoms. The van der Waals surface area contributed by atoms with E-state index in [4.69, 9.17) is 9.84 Å². The molecule has 1 saturated heterocycles. The second kappa shape index (κ2) is 6.80. The van der Waals surface area contributed by atoms with Gasteiger partial charge in [0.1, 0.15) is 0 Å². The van der Waals surface area contributed by atoms with Gasteiger partial charge >= 0.3 is 5.97 Å². The van der Waals surface area contributed by atoms with Crippen molar-refractivity contribution in [3.63, 3.8) is 0 Å². The summed E-state index contributed by atoms with van der Waals surface area (Å²) in [6.07, 6.45) is -0.551. The Morgan fingerprint density at radius 1 is 1.50 bits per heavy atom. The first-order valence-corrected chi connectivity index (χ1v) is 9.11. The summed E-state index contributed by atoms with van der Waals surface area (Å²) >= 11 is 0. The molecule has 9 nitrogen and oxygen atoms in total. The lowest BCUT2D eigenvalue weighted by Crippen LogP contribution is -2.55. The Labute approximate surface area is 118 Å². The number of ether oxygens (including phenoxy) is 1. The zero-order chi connectivity index (χ0) is 15.4. The average molecular weight is 330 g/mol. The van der Waals surface area contributed by atoms with Gasteiger partial charge in [-0.3, -0.25) is 4.79 Å². The molecule has 118 valence electrons. The van der Waals surface area contributed by atoms with E-state index < -0.39 is 44.2 Å². The largest absolute Gasteiger partial charge is 0.481 e. The Morgan fingerprint density at radius 2 is 2.15 bits per heavy atom. The van der Waals surface area contributed by atoms with Gasteiger partial charge in [0.2, 0.25) is 0 Å².